The van der Waals surface area contributed by atoms with E-state index in [2.05, 4.69) is 26.5 Å². The molecular weight excluding hydrogens is 510 g/mol. The zero-order valence-electron chi connectivity index (χ0n) is 16.8. The van der Waals surface area contributed by atoms with Gasteiger partial charge in [-0.2, -0.15) is 9.41 Å². The molecule has 1 fully saturated rings. The molecule has 1 aliphatic rings. The van der Waals surface area contributed by atoms with E-state index in [1.54, 1.807) is 12.1 Å². The van der Waals surface area contributed by atoms with E-state index in [9.17, 15) is 13.2 Å². The number of hydrazone groups is 1. The molecule has 166 valence electrons. The molecule has 0 spiro atoms. The van der Waals surface area contributed by atoms with Crippen LogP contribution in [0.4, 0.5) is 0 Å². The van der Waals surface area contributed by atoms with Crippen molar-refractivity contribution in [1.82, 2.24) is 9.73 Å². The van der Waals surface area contributed by atoms with Crippen LogP contribution in [0.1, 0.15) is 18.4 Å². The molecule has 2 aromatic rings. The van der Waals surface area contributed by atoms with Crippen LogP contribution >= 0.6 is 27.5 Å². The molecule has 0 unspecified atom stereocenters. The first-order chi connectivity index (χ1) is 14.8. The van der Waals surface area contributed by atoms with Crippen molar-refractivity contribution in [2.75, 3.05) is 20.8 Å². The van der Waals surface area contributed by atoms with E-state index in [-0.39, 0.29) is 11.4 Å². The number of rotatable bonds is 7. The molecule has 1 atom stereocenters. The molecule has 1 N–H and O–H groups in total. The molecule has 0 aromatic heterocycles. The molecule has 0 aliphatic carbocycles. The topological polar surface area (TPSA) is 97.3 Å². The van der Waals surface area contributed by atoms with Gasteiger partial charge >= 0.3 is 0 Å². The van der Waals surface area contributed by atoms with Gasteiger partial charge < -0.3 is 9.47 Å². The number of ether oxygens (including phenoxy) is 2. The van der Waals surface area contributed by atoms with Crippen molar-refractivity contribution in [2.24, 2.45) is 5.10 Å². The second kappa shape index (κ2) is 9.99. The van der Waals surface area contributed by atoms with Crippen LogP contribution in [0, 0.1) is 0 Å². The van der Waals surface area contributed by atoms with Crippen LogP contribution < -0.4 is 14.9 Å². The highest BCUT2D eigenvalue weighted by Crippen LogP contribution is 2.32. The van der Waals surface area contributed by atoms with Crippen molar-refractivity contribution in [3.8, 4) is 11.5 Å². The number of halogens is 2. The van der Waals surface area contributed by atoms with Gasteiger partial charge in [0.05, 0.1) is 25.3 Å². The average molecular weight is 531 g/mol. The molecular formula is C20H21BrClN3O5S. The van der Waals surface area contributed by atoms with E-state index in [1.807, 2.05) is 0 Å². The quantitative estimate of drug-likeness (QED) is 0.437. The van der Waals surface area contributed by atoms with Gasteiger partial charge in [0.15, 0.2) is 11.5 Å². The van der Waals surface area contributed by atoms with Crippen LogP contribution in [0.2, 0.25) is 5.02 Å². The first-order valence-corrected chi connectivity index (χ1v) is 11.9. The fourth-order valence-corrected chi connectivity index (χ4v) is 5.45. The monoisotopic (exact) mass is 529 g/mol. The van der Waals surface area contributed by atoms with Gasteiger partial charge in [-0.15, -0.1) is 0 Å². The highest BCUT2D eigenvalue weighted by molar-refractivity contribution is 9.10. The van der Waals surface area contributed by atoms with Gasteiger partial charge in [0.1, 0.15) is 6.04 Å². The molecule has 0 radical (unpaired) electrons. The normalized spacial score (nSPS) is 17.1. The van der Waals surface area contributed by atoms with E-state index >= 15 is 0 Å². The fraction of sp³-hybridized carbons (Fsp3) is 0.300. The summed E-state index contributed by atoms with van der Waals surface area (Å²) in [5.74, 6) is 0.557. The van der Waals surface area contributed by atoms with Crippen molar-refractivity contribution >= 4 is 49.7 Å². The van der Waals surface area contributed by atoms with Crippen LogP contribution in [0.3, 0.4) is 0 Å². The van der Waals surface area contributed by atoms with Crippen LogP contribution in [0.5, 0.6) is 11.5 Å². The molecule has 0 bridgehead atoms. The number of nitrogens with zero attached hydrogens (tertiary/aromatic N) is 2. The van der Waals surface area contributed by atoms with E-state index in [0.717, 1.165) is 0 Å². The summed E-state index contributed by atoms with van der Waals surface area (Å²) < 4.78 is 38.3. The number of sulfonamides is 1. The Hall–Kier alpha value is -2.14. The summed E-state index contributed by atoms with van der Waals surface area (Å²) in [6, 6.07) is 8.45. The predicted molar refractivity (Wildman–Crippen MR) is 121 cm³/mol. The molecule has 1 saturated heterocycles. The summed E-state index contributed by atoms with van der Waals surface area (Å²) >= 11 is 9.26. The molecule has 11 heteroatoms. The third kappa shape index (κ3) is 5.20. The summed E-state index contributed by atoms with van der Waals surface area (Å²) in [6.07, 6.45) is 2.43. The maximum atomic E-state index is 13.0. The Balaban J connectivity index is 1.73. The van der Waals surface area contributed by atoms with Crippen molar-refractivity contribution in [1.29, 1.82) is 0 Å². The Kier molecular flexibility index (Phi) is 7.58. The largest absolute Gasteiger partial charge is 0.493 e. The van der Waals surface area contributed by atoms with Gasteiger partial charge in [-0.1, -0.05) is 11.6 Å². The maximum Gasteiger partial charge on any atom is 0.258 e. The number of carbonyl (C=O) groups is 1. The average Bonchev–Trinajstić information content (AvgIpc) is 3.26. The van der Waals surface area contributed by atoms with Gasteiger partial charge in [-0.25, -0.2) is 13.8 Å². The Labute approximate surface area is 194 Å². The Morgan fingerprint density at radius 1 is 1.23 bits per heavy atom. The summed E-state index contributed by atoms with van der Waals surface area (Å²) in [7, 11) is -0.777. The lowest BCUT2D eigenvalue weighted by molar-refractivity contribution is -0.124. The van der Waals surface area contributed by atoms with Crippen molar-refractivity contribution in [2.45, 2.75) is 23.8 Å². The lowest BCUT2D eigenvalue weighted by Crippen LogP contribution is -2.44. The Bertz CT molecular complexity index is 1090. The minimum atomic E-state index is -3.83. The third-order valence-electron chi connectivity index (χ3n) is 4.81. The predicted octanol–water partition coefficient (Wildman–Crippen LogP) is 3.42. The zero-order valence-corrected chi connectivity index (χ0v) is 20.0. The van der Waals surface area contributed by atoms with Gasteiger partial charge in [0.25, 0.3) is 5.91 Å². The molecule has 2 aromatic carbocycles. The lowest BCUT2D eigenvalue weighted by atomic mass is 10.2. The molecule has 0 saturated carbocycles. The highest BCUT2D eigenvalue weighted by Gasteiger charge is 2.39. The molecule has 1 aliphatic heterocycles. The Morgan fingerprint density at radius 3 is 2.52 bits per heavy atom. The number of benzene rings is 2. The van der Waals surface area contributed by atoms with Crippen LogP contribution in [0.15, 0.2) is 50.9 Å². The van der Waals surface area contributed by atoms with Crippen LogP contribution in [-0.4, -0.2) is 51.7 Å². The summed E-state index contributed by atoms with van der Waals surface area (Å²) in [4.78, 5) is 12.8. The Morgan fingerprint density at radius 2 is 1.87 bits per heavy atom. The first kappa shape index (κ1) is 23.5. The van der Waals surface area contributed by atoms with Gasteiger partial charge in [0.2, 0.25) is 10.0 Å². The highest BCUT2D eigenvalue weighted by atomic mass is 79.9. The van der Waals surface area contributed by atoms with Crippen molar-refractivity contribution in [3.05, 3.63) is 51.5 Å². The number of hydrogen-bond acceptors (Lipinski definition) is 6. The van der Waals surface area contributed by atoms with Crippen LogP contribution in [-0.2, 0) is 14.8 Å². The second-order valence-electron chi connectivity index (χ2n) is 6.69. The van der Waals surface area contributed by atoms with Gasteiger partial charge in [0, 0.05) is 21.6 Å². The van der Waals surface area contributed by atoms with E-state index in [0.29, 0.717) is 39.4 Å². The van der Waals surface area contributed by atoms with E-state index in [1.165, 1.54) is 49.0 Å². The smallest absolute Gasteiger partial charge is 0.258 e. The SMILES string of the molecule is COc1cc(Br)c(C=NNC(=O)[C@H]2CCCN2S(=O)(=O)c2ccc(Cl)cc2)cc1OC. The molecule has 1 amide bonds. The van der Waals surface area contributed by atoms with Crippen molar-refractivity contribution < 1.29 is 22.7 Å². The molecule has 1 heterocycles. The first-order valence-electron chi connectivity index (χ1n) is 9.29. The maximum absolute atomic E-state index is 13.0. The molecule has 3 rings (SSSR count). The summed E-state index contributed by atoms with van der Waals surface area (Å²) in [5.41, 5.74) is 3.09. The molecule has 8 nitrogen and oxygen atoms in total. The second-order valence-corrected chi connectivity index (χ2v) is 9.87. The van der Waals surface area contributed by atoms with Gasteiger partial charge in [-0.05, 0) is 65.2 Å². The number of nitrogens with one attached hydrogen (secondary N) is 1. The fourth-order valence-electron chi connectivity index (χ4n) is 3.24. The zero-order chi connectivity index (χ0) is 22.6. The summed E-state index contributed by atoms with van der Waals surface area (Å²) in [6.45, 7) is 0.258. The minimum Gasteiger partial charge on any atom is -0.493 e. The third-order valence-corrected chi connectivity index (χ3v) is 7.67. The standard InChI is InChI=1S/C20H21BrClN3O5S/c1-29-18-10-13(16(21)11-19(18)30-2)12-23-24-20(26)17-4-3-9-25(17)31(27,28)15-7-5-14(22)6-8-15/h5-8,10-12,17H,3-4,9H2,1-2H3,(H,24,26)/t17-/m1/s1. The van der Waals surface area contributed by atoms with Gasteiger partial charge in [-0.3, -0.25) is 4.79 Å². The van der Waals surface area contributed by atoms with Crippen LogP contribution in [0.25, 0.3) is 0 Å². The number of carbonyl (C=O) groups excluding carboxylic acids is 1. The van der Waals surface area contributed by atoms with E-state index < -0.39 is 22.0 Å². The lowest BCUT2D eigenvalue weighted by Gasteiger charge is -2.22. The minimum absolute atomic E-state index is 0.0920. The van der Waals surface area contributed by atoms with E-state index in [4.69, 9.17) is 21.1 Å². The van der Waals surface area contributed by atoms with Crippen molar-refractivity contribution in [3.63, 3.8) is 0 Å². The number of hydrogen-bond donors (Lipinski definition) is 1. The summed E-state index contributed by atoms with van der Waals surface area (Å²) in [5, 5.41) is 4.42. The number of amides is 1. The molecule has 31 heavy (non-hydrogen) atoms. The number of methoxy groups -OCH3 is 2.